The number of hydrogen-bond donors (Lipinski definition) is 2. The number of benzene rings is 1. The summed E-state index contributed by atoms with van der Waals surface area (Å²) in [6, 6.07) is 7.59. The lowest BCUT2D eigenvalue weighted by atomic mass is 9.81. The van der Waals surface area contributed by atoms with Gasteiger partial charge in [0.2, 0.25) is 5.91 Å². The van der Waals surface area contributed by atoms with E-state index in [4.69, 9.17) is 11.6 Å². The molecule has 1 aromatic carbocycles. The third-order valence-electron chi connectivity index (χ3n) is 3.82. The highest BCUT2D eigenvalue weighted by atomic mass is 35.5. The van der Waals surface area contributed by atoms with Crippen LogP contribution in [-0.4, -0.2) is 19.0 Å². The Morgan fingerprint density at radius 1 is 1.42 bits per heavy atom. The molecule has 1 amide bonds. The standard InChI is InChI=1S/C15H21ClN2O/c1-2-7-15(8-9-17-11-15)14(19)18-10-12-3-5-13(16)6-4-12/h3-6,17H,2,7-11H2,1H3,(H,18,19). The van der Waals surface area contributed by atoms with Crippen molar-refractivity contribution in [2.24, 2.45) is 5.41 Å². The first-order valence-electron chi connectivity index (χ1n) is 6.90. The normalized spacial score (nSPS) is 22.4. The molecule has 0 radical (unpaired) electrons. The first-order chi connectivity index (χ1) is 9.16. The van der Waals surface area contributed by atoms with Gasteiger partial charge in [0.15, 0.2) is 0 Å². The molecule has 2 rings (SSSR count). The van der Waals surface area contributed by atoms with Gasteiger partial charge in [0, 0.05) is 18.1 Å². The Kier molecular flexibility index (Phi) is 4.83. The number of carbonyl (C=O) groups is 1. The van der Waals surface area contributed by atoms with Gasteiger partial charge in [0.05, 0.1) is 5.41 Å². The van der Waals surface area contributed by atoms with E-state index in [1.54, 1.807) is 0 Å². The Labute approximate surface area is 119 Å². The van der Waals surface area contributed by atoms with Crippen LogP contribution < -0.4 is 10.6 Å². The number of carbonyl (C=O) groups excluding carboxylic acids is 1. The van der Waals surface area contributed by atoms with Crippen molar-refractivity contribution in [1.29, 1.82) is 0 Å². The lowest BCUT2D eigenvalue weighted by molar-refractivity contribution is -0.130. The summed E-state index contributed by atoms with van der Waals surface area (Å²) in [6.45, 7) is 4.44. The zero-order valence-corrected chi connectivity index (χ0v) is 12.1. The predicted octanol–water partition coefficient (Wildman–Crippen LogP) is 2.74. The van der Waals surface area contributed by atoms with Crippen molar-refractivity contribution >= 4 is 17.5 Å². The zero-order chi connectivity index (χ0) is 13.7. The maximum atomic E-state index is 12.4. The van der Waals surface area contributed by atoms with Crippen molar-refractivity contribution in [3.05, 3.63) is 34.9 Å². The van der Waals surface area contributed by atoms with Gasteiger partial charge in [-0.3, -0.25) is 4.79 Å². The fraction of sp³-hybridized carbons (Fsp3) is 0.533. The van der Waals surface area contributed by atoms with E-state index in [-0.39, 0.29) is 11.3 Å². The van der Waals surface area contributed by atoms with Crippen molar-refractivity contribution in [3.8, 4) is 0 Å². The van der Waals surface area contributed by atoms with Crippen LogP contribution in [0.1, 0.15) is 31.7 Å². The van der Waals surface area contributed by atoms with Crippen LogP contribution in [0.15, 0.2) is 24.3 Å². The molecule has 0 aromatic heterocycles. The van der Waals surface area contributed by atoms with Crippen LogP contribution in [0.4, 0.5) is 0 Å². The first kappa shape index (κ1) is 14.4. The summed E-state index contributed by atoms with van der Waals surface area (Å²) in [7, 11) is 0. The van der Waals surface area contributed by atoms with E-state index in [1.807, 2.05) is 24.3 Å². The molecule has 2 N–H and O–H groups in total. The van der Waals surface area contributed by atoms with E-state index in [0.29, 0.717) is 6.54 Å². The van der Waals surface area contributed by atoms with Gasteiger partial charge in [-0.15, -0.1) is 0 Å². The second-order valence-corrected chi connectivity index (χ2v) is 5.70. The molecule has 1 aromatic rings. The molecular formula is C15H21ClN2O. The molecule has 3 nitrogen and oxygen atoms in total. The van der Waals surface area contributed by atoms with Crippen LogP contribution in [0.3, 0.4) is 0 Å². The molecule has 4 heteroatoms. The third-order valence-corrected chi connectivity index (χ3v) is 4.07. The molecule has 0 saturated carbocycles. The molecule has 0 spiro atoms. The van der Waals surface area contributed by atoms with Gasteiger partial charge in [-0.1, -0.05) is 37.1 Å². The van der Waals surface area contributed by atoms with Crippen molar-refractivity contribution in [2.45, 2.75) is 32.7 Å². The average molecular weight is 281 g/mol. The minimum absolute atomic E-state index is 0.175. The average Bonchev–Trinajstić information content (AvgIpc) is 2.88. The Hall–Kier alpha value is -1.06. The van der Waals surface area contributed by atoms with Gasteiger partial charge >= 0.3 is 0 Å². The molecule has 0 aliphatic carbocycles. The first-order valence-corrected chi connectivity index (χ1v) is 7.27. The van der Waals surface area contributed by atoms with Gasteiger partial charge in [0.1, 0.15) is 0 Å². The van der Waals surface area contributed by atoms with E-state index in [0.717, 1.165) is 42.9 Å². The van der Waals surface area contributed by atoms with Crippen LogP contribution >= 0.6 is 11.6 Å². The topological polar surface area (TPSA) is 41.1 Å². The fourth-order valence-corrected chi connectivity index (χ4v) is 2.84. The third kappa shape index (κ3) is 3.48. The van der Waals surface area contributed by atoms with Crippen molar-refractivity contribution in [1.82, 2.24) is 10.6 Å². The summed E-state index contributed by atoms with van der Waals surface area (Å²) in [5, 5.41) is 7.09. The molecular weight excluding hydrogens is 260 g/mol. The fourth-order valence-electron chi connectivity index (χ4n) is 2.72. The molecule has 1 unspecified atom stereocenters. The maximum Gasteiger partial charge on any atom is 0.227 e. The van der Waals surface area contributed by atoms with E-state index < -0.39 is 0 Å². The highest BCUT2D eigenvalue weighted by Gasteiger charge is 2.39. The van der Waals surface area contributed by atoms with E-state index >= 15 is 0 Å². The number of nitrogens with one attached hydrogen (secondary N) is 2. The predicted molar refractivity (Wildman–Crippen MR) is 78.1 cm³/mol. The molecule has 1 saturated heterocycles. The second kappa shape index (κ2) is 6.40. The molecule has 1 heterocycles. The smallest absolute Gasteiger partial charge is 0.227 e. The van der Waals surface area contributed by atoms with E-state index in [1.165, 1.54) is 0 Å². The Morgan fingerprint density at radius 2 is 2.16 bits per heavy atom. The lowest BCUT2D eigenvalue weighted by Gasteiger charge is -2.26. The van der Waals surface area contributed by atoms with Crippen LogP contribution in [0.2, 0.25) is 5.02 Å². The number of halogens is 1. The summed E-state index contributed by atoms with van der Waals surface area (Å²) in [4.78, 5) is 12.4. The quantitative estimate of drug-likeness (QED) is 0.871. The molecule has 1 fully saturated rings. The van der Waals surface area contributed by atoms with Crippen LogP contribution in [0.5, 0.6) is 0 Å². The summed E-state index contributed by atoms with van der Waals surface area (Å²) >= 11 is 5.85. The highest BCUT2D eigenvalue weighted by molar-refractivity contribution is 6.30. The van der Waals surface area contributed by atoms with Gasteiger partial charge in [0.25, 0.3) is 0 Å². The Morgan fingerprint density at radius 3 is 2.74 bits per heavy atom. The maximum absolute atomic E-state index is 12.4. The molecule has 1 aliphatic rings. The summed E-state index contributed by atoms with van der Waals surface area (Å²) in [5.41, 5.74) is 0.872. The number of amides is 1. The molecule has 19 heavy (non-hydrogen) atoms. The van der Waals surface area contributed by atoms with Gasteiger partial charge in [-0.05, 0) is 37.1 Å². The SMILES string of the molecule is CCCC1(C(=O)NCc2ccc(Cl)cc2)CCNC1. The van der Waals surface area contributed by atoms with Gasteiger partial charge in [-0.2, -0.15) is 0 Å². The van der Waals surface area contributed by atoms with E-state index in [9.17, 15) is 4.79 Å². The van der Waals surface area contributed by atoms with Gasteiger partial charge < -0.3 is 10.6 Å². The second-order valence-electron chi connectivity index (χ2n) is 5.27. The summed E-state index contributed by atoms with van der Waals surface area (Å²) in [5.74, 6) is 0.175. The minimum Gasteiger partial charge on any atom is -0.352 e. The zero-order valence-electron chi connectivity index (χ0n) is 11.3. The van der Waals surface area contributed by atoms with Crippen LogP contribution in [0, 0.1) is 5.41 Å². The van der Waals surface area contributed by atoms with Crippen molar-refractivity contribution < 1.29 is 4.79 Å². The molecule has 0 bridgehead atoms. The number of rotatable bonds is 5. The minimum atomic E-state index is -0.207. The van der Waals surface area contributed by atoms with Crippen LogP contribution in [0.25, 0.3) is 0 Å². The largest absolute Gasteiger partial charge is 0.352 e. The number of hydrogen-bond acceptors (Lipinski definition) is 2. The highest BCUT2D eigenvalue weighted by Crippen LogP contribution is 2.31. The lowest BCUT2D eigenvalue weighted by Crippen LogP contribution is -2.42. The molecule has 1 aliphatic heterocycles. The van der Waals surface area contributed by atoms with Crippen LogP contribution in [-0.2, 0) is 11.3 Å². The van der Waals surface area contributed by atoms with E-state index in [2.05, 4.69) is 17.6 Å². The molecule has 104 valence electrons. The molecule has 1 atom stereocenters. The monoisotopic (exact) mass is 280 g/mol. The Bertz CT molecular complexity index is 424. The Balaban J connectivity index is 1.94. The summed E-state index contributed by atoms with van der Waals surface area (Å²) < 4.78 is 0. The van der Waals surface area contributed by atoms with Crippen molar-refractivity contribution in [3.63, 3.8) is 0 Å². The van der Waals surface area contributed by atoms with Gasteiger partial charge in [-0.25, -0.2) is 0 Å². The van der Waals surface area contributed by atoms with Crippen molar-refractivity contribution in [2.75, 3.05) is 13.1 Å². The summed E-state index contributed by atoms with van der Waals surface area (Å²) in [6.07, 6.45) is 2.93.